The van der Waals surface area contributed by atoms with Crippen LogP contribution in [0.1, 0.15) is 89.0 Å². The fourth-order valence-corrected chi connectivity index (χ4v) is 4.26. The molecule has 0 saturated carbocycles. The minimum atomic E-state index is -0.965. The van der Waals surface area contributed by atoms with E-state index in [2.05, 4.69) is 17.6 Å². The van der Waals surface area contributed by atoms with Crippen molar-refractivity contribution in [1.82, 2.24) is 10.2 Å². The summed E-state index contributed by atoms with van der Waals surface area (Å²) in [5.74, 6) is -0.659. The highest BCUT2D eigenvalue weighted by Gasteiger charge is 2.32. The molecule has 214 valence electrons. The number of benzene rings is 2. The summed E-state index contributed by atoms with van der Waals surface area (Å²) in [5, 5.41) is 15.6. The minimum Gasteiger partial charge on any atom is -0.508 e. The molecule has 2 aromatic carbocycles. The van der Waals surface area contributed by atoms with Crippen molar-refractivity contribution in [2.24, 2.45) is 0 Å². The van der Waals surface area contributed by atoms with E-state index in [0.29, 0.717) is 29.8 Å². The molecule has 39 heavy (non-hydrogen) atoms. The van der Waals surface area contributed by atoms with E-state index < -0.39 is 23.6 Å². The molecular formula is C31H45N3O5. The monoisotopic (exact) mass is 539 g/mol. The van der Waals surface area contributed by atoms with Gasteiger partial charge in [0.2, 0.25) is 5.91 Å². The van der Waals surface area contributed by atoms with Gasteiger partial charge in [-0.15, -0.1) is 0 Å². The predicted octanol–water partition coefficient (Wildman–Crippen LogP) is 6.40. The van der Waals surface area contributed by atoms with E-state index in [1.807, 2.05) is 31.2 Å². The first-order valence-corrected chi connectivity index (χ1v) is 13.8. The summed E-state index contributed by atoms with van der Waals surface area (Å²) in [6.07, 6.45) is 5.41. The fourth-order valence-electron chi connectivity index (χ4n) is 4.26. The molecular weight excluding hydrogens is 494 g/mol. The Bertz CT molecular complexity index is 1110. The molecule has 0 aliphatic heterocycles. The van der Waals surface area contributed by atoms with Gasteiger partial charge in [0.1, 0.15) is 23.9 Å². The van der Waals surface area contributed by atoms with Crippen LogP contribution in [0.2, 0.25) is 0 Å². The lowest BCUT2D eigenvalue weighted by Crippen LogP contribution is -2.47. The summed E-state index contributed by atoms with van der Waals surface area (Å²) in [4.78, 5) is 41.2. The second kappa shape index (κ2) is 15.1. The molecule has 0 saturated heterocycles. The molecule has 0 aliphatic rings. The Hall–Kier alpha value is -3.55. The number of rotatable bonds is 13. The van der Waals surface area contributed by atoms with Gasteiger partial charge >= 0.3 is 6.09 Å². The van der Waals surface area contributed by atoms with Gasteiger partial charge in [0.05, 0.1) is 0 Å². The molecule has 2 aromatic rings. The number of carbonyl (C=O) groups excluding carboxylic acids is 3. The number of ether oxygens (including phenoxy) is 1. The maximum atomic E-state index is 13.8. The Morgan fingerprint density at radius 3 is 2.26 bits per heavy atom. The number of aromatic hydroxyl groups is 1. The number of unbranched alkanes of at least 4 members (excludes halogenated alkanes) is 5. The highest BCUT2D eigenvalue weighted by atomic mass is 16.6. The van der Waals surface area contributed by atoms with Crippen molar-refractivity contribution in [2.75, 3.05) is 18.4 Å². The summed E-state index contributed by atoms with van der Waals surface area (Å²) in [6.45, 7) is 11.1. The number of phenols is 1. The van der Waals surface area contributed by atoms with Crippen LogP contribution in [0, 0.1) is 13.8 Å². The van der Waals surface area contributed by atoms with E-state index in [-0.39, 0.29) is 18.2 Å². The number of nitrogens with one attached hydrogen (secondary N) is 2. The first-order chi connectivity index (χ1) is 18.4. The molecule has 3 amide bonds. The summed E-state index contributed by atoms with van der Waals surface area (Å²) >= 11 is 0. The van der Waals surface area contributed by atoms with Gasteiger partial charge in [-0.2, -0.15) is 0 Å². The topological polar surface area (TPSA) is 108 Å². The Morgan fingerprint density at radius 2 is 1.62 bits per heavy atom. The van der Waals surface area contributed by atoms with Crippen LogP contribution in [-0.4, -0.2) is 46.6 Å². The largest absolute Gasteiger partial charge is 0.508 e. The van der Waals surface area contributed by atoms with Crippen LogP contribution < -0.4 is 10.6 Å². The minimum absolute atomic E-state index is 0.109. The lowest BCUT2D eigenvalue weighted by atomic mass is 10.00. The highest BCUT2D eigenvalue weighted by Crippen LogP contribution is 2.28. The van der Waals surface area contributed by atoms with Gasteiger partial charge in [0.15, 0.2) is 0 Å². The Balaban J connectivity index is 2.37. The lowest BCUT2D eigenvalue weighted by Gasteiger charge is -2.32. The number of para-hydroxylation sites is 1. The molecule has 2 rings (SSSR count). The average Bonchev–Trinajstić information content (AvgIpc) is 2.86. The number of hydrogen-bond acceptors (Lipinski definition) is 5. The molecule has 8 heteroatoms. The summed E-state index contributed by atoms with van der Waals surface area (Å²) in [5.41, 5.74) is 2.02. The molecule has 0 aromatic heterocycles. The number of amides is 3. The van der Waals surface area contributed by atoms with Crippen molar-refractivity contribution < 1.29 is 24.2 Å². The van der Waals surface area contributed by atoms with Crippen LogP contribution >= 0.6 is 0 Å². The van der Waals surface area contributed by atoms with Gasteiger partial charge in [-0.3, -0.25) is 9.59 Å². The molecule has 1 atom stereocenters. The number of anilines is 1. The molecule has 0 radical (unpaired) electrons. The van der Waals surface area contributed by atoms with E-state index in [4.69, 9.17) is 4.74 Å². The normalized spacial score (nSPS) is 11.9. The molecule has 0 aliphatic carbocycles. The Labute approximate surface area is 233 Å². The Kier molecular flexibility index (Phi) is 12.3. The van der Waals surface area contributed by atoms with E-state index in [0.717, 1.165) is 37.7 Å². The number of nitrogens with zero attached hydrogens (tertiary/aromatic N) is 1. The first-order valence-electron chi connectivity index (χ1n) is 13.8. The van der Waals surface area contributed by atoms with E-state index in [9.17, 15) is 19.5 Å². The molecule has 0 fully saturated rings. The maximum absolute atomic E-state index is 13.8. The summed E-state index contributed by atoms with van der Waals surface area (Å²) < 4.78 is 5.29. The van der Waals surface area contributed by atoms with Gasteiger partial charge < -0.3 is 25.4 Å². The third-order valence-corrected chi connectivity index (χ3v) is 6.36. The van der Waals surface area contributed by atoms with Crippen molar-refractivity contribution in [3.63, 3.8) is 0 Å². The number of alkyl carbamates (subject to hydrolysis) is 1. The quantitative estimate of drug-likeness (QED) is 0.255. The Morgan fingerprint density at radius 1 is 0.949 bits per heavy atom. The van der Waals surface area contributed by atoms with Crippen molar-refractivity contribution >= 4 is 23.6 Å². The molecule has 3 N–H and O–H groups in total. The summed E-state index contributed by atoms with van der Waals surface area (Å²) in [6, 6.07) is 11.4. The average molecular weight is 540 g/mol. The van der Waals surface area contributed by atoms with Crippen LogP contribution in [0.25, 0.3) is 0 Å². The van der Waals surface area contributed by atoms with Crippen molar-refractivity contribution in [1.29, 1.82) is 0 Å². The van der Waals surface area contributed by atoms with E-state index >= 15 is 0 Å². The number of carbonyl (C=O) groups is 3. The van der Waals surface area contributed by atoms with Crippen LogP contribution in [0.15, 0.2) is 42.5 Å². The predicted molar refractivity (Wildman–Crippen MR) is 155 cm³/mol. The van der Waals surface area contributed by atoms with E-state index in [1.54, 1.807) is 39.8 Å². The second-order valence-electron chi connectivity index (χ2n) is 11.0. The number of hydrogen-bond donors (Lipinski definition) is 3. The smallest absolute Gasteiger partial charge is 0.408 e. The van der Waals surface area contributed by atoms with Crippen molar-refractivity contribution in [3.8, 4) is 5.75 Å². The molecule has 8 nitrogen and oxygen atoms in total. The molecule has 0 heterocycles. The SMILES string of the molecule is CCCCCCCCN(C(=O)CNC(=O)OC(C)(C)C)C(C(=O)Nc1ccccc1C)c1ccc(O)c(C)c1. The zero-order valence-electron chi connectivity index (χ0n) is 24.3. The summed E-state index contributed by atoms with van der Waals surface area (Å²) in [7, 11) is 0. The number of aryl methyl sites for hydroxylation is 2. The van der Waals surface area contributed by atoms with Crippen molar-refractivity contribution in [2.45, 2.75) is 91.7 Å². The standard InChI is InChI=1S/C31H45N3O5/c1-7-8-9-10-11-14-19-34(27(36)21-32-30(38)39-31(4,5)6)28(24-17-18-26(35)23(3)20-24)29(37)33-25-16-13-12-15-22(25)2/h12-13,15-18,20,28,35H,7-11,14,19,21H2,1-6H3,(H,32,38)(H,33,37). The van der Waals surface area contributed by atoms with Crippen molar-refractivity contribution in [3.05, 3.63) is 59.2 Å². The van der Waals surface area contributed by atoms with Crippen LogP contribution in [0.3, 0.4) is 0 Å². The number of phenolic OH excluding ortho intramolecular Hbond substituents is 1. The molecule has 0 bridgehead atoms. The van der Waals surface area contributed by atoms with Gasteiger partial charge in [0.25, 0.3) is 5.91 Å². The lowest BCUT2D eigenvalue weighted by molar-refractivity contribution is -0.138. The molecule has 1 unspecified atom stereocenters. The third kappa shape index (κ3) is 10.6. The zero-order valence-corrected chi connectivity index (χ0v) is 24.3. The second-order valence-corrected chi connectivity index (χ2v) is 11.0. The maximum Gasteiger partial charge on any atom is 0.408 e. The fraction of sp³-hybridized carbons (Fsp3) is 0.516. The van der Waals surface area contributed by atoms with E-state index in [1.165, 1.54) is 11.0 Å². The zero-order chi connectivity index (χ0) is 29.0. The van der Waals surface area contributed by atoms with Gasteiger partial charge in [-0.05, 0) is 75.9 Å². The van der Waals surface area contributed by atoms with Gasteiger partial charge in [-0.25, -0.2) is 4.79 Å². The van der Waals surface area contributed by atoms with Gasteiger partial charge in [0, 0.05) is 12.2 Å². The van der Waals surface area contributed by atoms with Crippen LogP contribution in [0.4, 0.5) is 10.5 Å². The van der Waals surface area contributed by atoms with Crippen LogP contribution in [0.5, 0.6) is 5.75 Å². The van der Waals surface area contributed by atoms with Gasteiger partial charge in [-0.1, -0.05) is 63.3 Å². The highest BCUT2D eigenvalue weighted by molar-refractivity contribution is 5.99. The van der Waals surface area contributed by atoms with Crippen LogP contribution in [-0.2, 0) is 14.3 Å². The first kappa shape index (κ1) is 31.7. The molecule has 0 spiro atoms. The third-order valence-electron chi connectivity index (χ3n) is 6.36.